The molecule has 0 saturated carbocycles. The normalized spacial score (nSPS) is 21.9. The number of aromatic nitrogens is 2. The molecule has 3 aromatic rings. The van der Waals surface area contributed by atoms with E-state index in [4.69, 9.17) is 9.73 Å². The second kappa shape index (κ2) is 9.95. The summed E-state index contributed by atoms with van der Waals surface area (Å²) in [5, 5.41) is 20.7. The van der Waals surface area contributed by atoms with Crippen LogP contribution in [0.1, 0.15) is 24.6 Å². The van der Waals surface area contributed by atoms with E-state index in [1.807, 2.05) is 11.8 Å². The highest BCUT2D eigenvalue weighted by molar-refractivity contribution is 6.09. The van der Waals surface area contributed by atoms with Gasteiger partial charge in [0.25, 0.3) is 0 Å². The van der Waals surface area contributed by atoms with Crippen LogP contribution in [0.3, 0.4) is 0 Å². The molecule has 38 heavy (non-hydrogen) atoms. The summed E-state index contributed by atoms with van der Waals surface area (Å²) < 4.78 is 35.0. The number of likely N-dealkylation sites (tertiary alicyclic amines) is 1. The first kappa shape index (κ1) is 24.7. The third kappa shape index (κ3) is 4.49. The summed E-state index contributed by atoms with van der Waals surface area (Å²) in [6, 6.07) is 5.62. The van der Waals surface area contributed by atoms with Crippen molar-refractivity contribution in [2.24, 2.45) is 4.99 Å². The SMILES string of the molecule is CCc1cc(O)c(F)cc1-c1cc(F)c2c(C3=NC4CCN(C(=O)CN5CCOCC5)CC4N3)n[nH]c2c1. The van der Waals surface area contributed by atoms with Gasteiger partial charge in [0.1, 0.15) is 11.5 Å². The number of ether oxygens (including phenoxy) is 1. The minimum atomic E-state index is -0.757. The maximum absolute atomic E-state index is 15.5. The number of rotatable bonds is 5. The van der Waals surface area contributed by atoms with Crippen molar-refractivity contribution in [1.82, 2.24) is 25.3 Å². The number of phenolic OH excluding ortho intramolecular Hbond substituents is 1. The number of benzene rings is 2. The lowest BCUT2D eigenvalue weighted by molar-refractivity contribution is -0.134. The van der Waals surface area contributed by atoms with Crippen LogP contribution in [0.15, 0.2) is 29.3 Å². The average Bonchev–Trinajstić information content (AvgIpc) is 3.54. The molecule has 0 aliphatic carbocycles. The molecular weight excluding hydrogens is 494 g/mol. The van der Waals surface area contributed by atoms with Crippen molar-refractivity contribution in [1.29, 1.82) is 0 Å². The number of morpholine rings is 1. The number of aromatic hydroxyl groups is 1. The Kier molecular flexibility index (Phi) is 6.48. The monoisotopic (exact) mass is 524 g/mol. The number of nitrogens with zero attached hydrogens (tertiary/aromatic N) is 4. The Morgan fingerprint density at radius 1 is 1.16 bits per heavy atom. The van der Waals surface area contributed by atoms with Crippen LogP contribution >= 0.6 is 0 Å². The van der Waals surface area contributed by atoms with Gasteiger partial charge in [0, 0.05) is 26.2 Å². The summed E-state index contributed by atoms with van der Waals surface area (Å²) in [6.07, 6.45) is 1.27. The molecule has 2 aromatic carbocycles. The number of aromatic amines is 1. The van der Waals surface area contributed by atoms with Gasteiger partial charge in [-0.2, -0.15) is 5.10 Å². The van der Waals surface area contributed by atoms with Crippen LogP contribution in [0.5, 0.6) is 5.75 Å². The lowest BCUT2D eigenvalue weighted by Crippen LogP contribution is -2.54. The molecule has 0 bridgehead atoms. The minimum Gasteiger partial charge on any atom is -0.505 e. The lowest BCUT2D eigenvalue weighted by atomic mass is 9.96. The predicted octanol–water partition coefficient (Wildman–Crippen LogP) is 2.43. The highest BCUT2D eigenvalue weighted by atomic mass is 19.1. The highest BCUT2D eigenvalue weighted by Gasteiger charge is 2.37. The molecule has 3 aliphatic heterocycles. The number of hydrogen-bond acceptors (Lipinski definition) is 7. The van der Waals surface area contributed by atoms with Crippen LogP contribution in [-0.4, -0.2) is 94.9 Å². The van der Waals surface area contributed by atoms with Crippen LogP contribution in [0.4, 0.5) is 8.78 Å². The first-order valence-electron chi connectivity index (χ1n) is 13.0. The molecule has 2 fully saturated rings. The molecular formula is C27H30F2N6O3. The fourth-order valence-corrected chi connectivity index (χ4v) is 5.62. The van der Waals surface area contributed by atoms with Crippen molar-refractivity contribution in [3.63, 3.8) is 0 Å². The number of carbonyl (C=O) groups excluding carboxylic acids is 1. The fourth-order valence-electron chi connectivity index (χ4n) is 5.62. The van der Waals surface area contributed by atoms with Gasteiger partial charge in [0.15, 0.2) is 17.4 Å². The Hall–Kier alpha value is -3.57. The van der Waals surface area contributed by atoms with Gasteiger partial charge in [-0.25, -0.2) is 8.78 Å². The third-order valence-electron chi connectivity index (χ3n) is 7.71. The summed E-state index contributed by atoms with van der Waals surface area (Å²) in [6.45, 7) is 6.26. The zero-order valence-corrected chi connectivity index (χ0v) is 21.1. The van der Waals surface area contributed by atoms with E-state index < -0.39 is 17.4 Å². The number of amidine groups is 1. The number of hydrogen-bond donors (Lipinski definition) is 3. The smallest absolute Gasteiger partial charge is 0.236 e. The summed E-state index contributed by atoms with van der Waals surface area (Å²) >= 11 is 0. The number of carbonyl (C=O) groups is 1. The van der Waals surface area contributed by atoms with Crippen molar-refractivity contribution in [3.05, 3.63) is 47.2 Å². The van der Waals surface area contributed by atoms with E-state index >= 15 is 4.39 Å². The Labute approximate surface area is 218 Å². The molecule has 0 radical (unpaired) electrons. The Balaban J connectivity index is 1.21. The van der Waals surface area contributed by atoms with E-state index in [0.29, 0.717) is 78.4 Å². The Morgan fingerprint density at radius 3 is 2.76 bits per heavy atom. The first-order valence-corrected chi connectivity index (χ1v) is 13.0. The van der Waals surface area contributed by atoms with Gasteiger partial charge in [-0.3, -0.25) is 19.8 Å². The molecule has 2 unspecified atom stereocenters. The van der Waals surface area contributed by atoms with Crippen molar-refractivity contribution >= 4 is 22.6 Å². The van der Waals surface area contributed by atoms with E-state index in [2.05, 4.69) is 20.4 Å². The maximum Gasteiger partial charge on any atom is 0.236 e. The largest absolute Gasteiger partial charge is 0.505 e. The quantitative estimate of drug-likeness (QED) is 0.474. The van der Waals surface area contributed by atoms with Gasteiger partial charge in [-0.1, -0.05) is 6.92 Å². The number of halogens is 2. The molecule has 200 valence electrons. The van der Waals surface area contributed by atoms with Gasteiger partial charge in [-0.05, 0) is 53.8 Å². The van der Waals surface area contributed by atoms with Crippen molar-refractivity contribution < 1.29 is 23.4 Å². The van der Waals surface area contributed by atoms with Crippen LogP contribution < -0.4 is 5.32 Å². The van der Waals surface area contributed by atoms with E-state index in [9.17, 15) is 14.3 Å². The molecule has 3 N–H and O–H groups in total. The maximum atomic E-state index is 15.5. The van der Waals surface area contributed by atoms with E-state index in [1.54, 1.807) is 6.07 Å². The molecule has 2 saturated heterocycles. The Bertz CT molecular complexity index is 1420. The molecule has 2 atom stereocenters. The summed E-state index contributed by atoms with van der Waals surface area (Å²) in [5.74, 6) is -1.08. The fraction of sp³-hybridized carbons (Fsp3) is 0.444. The van der Waals surface area contributed by atoms with E-state index in [1.165, 1.54) is 18.2 Å². The van der Waals surface area contributed by atoms with Gasteiger partial charge >= 0.3 is 0 Å². The molecule has 0 spiro atoms. The molecule has 1 aromatic heterocycles. The van der Waals surface area contributed by atoms with Crippen molar-refractivity contribution in [2.45, 2.75) is 31.8 Å². The number of aliphatic imine (C=N–C) groups is 1. The zero-order chi connectivity index (χ0) is 26.4. The van der Waals surface area contributed by atoms with Gasteiger partial charge in [0.05, 0.1) is 42.7 Å². The molecule has 6 rings (SSSR count). The number of amides is 1. The number of nitrogens with one attached hydrogen (secondary N) is 2. The van der Waals surface area contributed by atoms with Crippen LogP contribution in [0.2, 0.25) is 0 Å². The molecule has 11 heteroatoms. The van der Waals surface area contributed by atoms with Gasteiger partial charge < -0.3 is 20.1 Å². The molecule has 1 amide bonds. The van der Waals surface area contributed by atoms with E-state index in [-0.39, 0.29) is 18.0 Å². The minimum absolute atomic E-state index is 0.0152. The first-order chi connectivity index (χ1) is 18.4. The third-order valence-corrected chi connectivity index (χ3v) is 7.71. The number of piperidine rings is 1. The lowest BCUT2D eigenvalue weighted by Gasteiger charge is -2.35. The van der Waals surface area contributed by atoms with Gasteiger partial charge in [0.2, 0.25) is 5.91 Å². The van der Waals surface area contributed by atoms with Crippen LogP contribution in [0, 0.1) is 11.6 Å². The molecule has 4 heterocycles. The number of fused-ring (bicyclic) bond motifs is 2. The summed E-state index contributed by atoms with van der Waals surface area (Å²) in [7, 11) is 0. The molecule has 3 aliphatic rings. The van der Waals surface area contributed by atoms with Crippen LogP contribution in [0.25, 0.3) is 22.0 Å². The van der Waals surface area contributed by atoms with Crippen LogP contribution in [-0.2, 0) is 16.0 Å². The van der Waals surface area contributed by atoms with Gasteiger partial charge in [-0.15, -0.1) is 0 Å². The molecule has 9 nitrogen and oxygen atoms in total. The standard InChI is InChI=1S/C27H30F2N6O3/c1-2-15-11-23(36)18(28)12-17(15)16-9-19(29)25-21(10-16)32-33-26(25)27-30-20-3-4-35(13-22(20)31-27)24(37)14-34-5-7-38-8-6-34/h9-12,20,22,36H,2-8,13-14H2,1H3,(H,30,31)(H,32,33). The average molecular weight is 525 g/mol. The highest BCUT2D eigenvalue weighted by Crippen LogP contribution is 2.34. The second-order valence-electron chi connectivity index (χ2n) is 10.1. The van der Waals surface area contributed by atoms with Crippen molar-refractivity contribution in [3.8, 4) is 16.9 Å². The summed E-state index contributed by atoms with van der Waals surface area (Å²) in [5.41, 5.74) is 2.57. The predicted molar refractivity (Wildman–Crippen MR) is 138 cm³/mol. The number of phenols is 1. The topological polar surface area (TPSA) is 106 Å². The van der Waals surface area contributed by atoms with E-state index in [0.717, 1.165) is 19.5 Å². The Morgan fingerprint density at radius 2 is 1.97 bits per heavy atom. The summed E-state index contributed by atoms with van der Waals surface area (Å²) in [4.78, 5) is 21.7. The number of aryl methyl sites for hydroxylation is 1. The zero-order valence-electron chi connectivity index (χ0n) is 21.1. The second-order valence-corrected chi connectivity index (χ2v) is 10.1. The number of H-pyrrole nitrogens is 1. The van der Waals surface area contributed by atoms with Crippen molar-refractivity contribution in [2.75, 3.05) is 45.9 Å².